The van der Waals surface area contributed by atoms with E-state index in [1.54, 1.807) is 6.20 Å². The lowest BCUT2D eigenvalue weighted by Crippen LogP contribution is -2.16. The summed E-state index contributed by atoms with van der Waals surface area (Å²) < 4.78 is 5.88. The van der Waals surface area contributed by atoms with Gasteiger partial charge in [-0.05, 0) is 49.6 Å². The molecule has 0 unspecified atom stereocenters. The zero-order chi connectivity index (χ0) is 14.7. The third-order valence-corrected chi connectivity index (χ3v) is 3.29. The van der Waals surface area contributed by atoms with E-state index in [1.165, 1.54) is 11.1 Å². The molecule has 1 aromatic carbocycles. The van der Waals surface area contributed by atoms with Gasteiger partial charge in [-0.15, -0.1) is 0 Å². The summed E-state index contributed by atoms with van der Waals surface area (Å²) in [6.45, 7) is 6.51. The molecular weight excluding hydrogens is 250 g/mol. The van der Waals surface area contributed by atoms with Crippen LogP contribution in [-0.2, 0) is 6.61 Å². The summed E-state index contributed by atoms with van der Waals surface area (Å²) in [7, 11) is 0. The van der Waals surface area contributed by atoms with Crippen LogP contribution in [0.1, 0.15) is 27.9 Å². The van der Waals surface area contributed by atoms with Gasteiger partial charge in [-0.2, -0.15) is 0 Å². The minimum absolute atomic E-state index is 0.0404. The van der Waals surface area contributed by atoms with E-state index < -0.39 is 0 Å². The molecule has 4 nitrogen and oxygen atoms in total. The largest absolute Gasteiger partial charge is 0.489 e. The summed E-state index contributed by atoms with van der Waals surface area (Å²) in [4.78, 5) is 4.12. The molecule has 0 fully saturated rings. The summed E-state index contributed by atoms with van der Waals surface area (Å²) in [5.74, 6) is 0.821. The molecule has 0 aliphatic carbocycles. The molecule has 2 rings (SSSR count). The van der Waals surface area contributed by atoms with Crippen LogP contribution in [0.5, 0.6) is 5.75 Å². The number of pyridine rings is 1. The molecule has 0 spiro atoms. The van der Waals surface area contributed by atoms with E-state index in [1.807, 2.05) is 32.0 Å². The molecule has 0 aliphatic heterocycles. The molecule has 3 N–H and O–H groups in total. The fourth-order valence-electron chi connectivity index (χ4n) is 2.10. The molecule has 4 heteroatoms. The number of nitrogen functional groups attached to an aromatic ring is 1. The quantitative estimate of drug-likeness (QED) is 0.662. The average molecular weight is 269 g/mol. The summed E-state index contributed by atoms with van der Waals surface area (Å²) >= 11 is 0. The normalized spacial score (nSPS) is 10.3. The van der Waals surface area contributed by atoms with Crippen LogP contribution < -0.4 is 10.5 Å². The van der Waals surface area contributed by atoms with Gasteiger partial charge < -0.3 is 10.5 Å². The number of nitrogens with two attached hydrogens (primary N) is 1. The van der Waals surface area contributed by atoms with E-state index in [9.17, 15) is 0 Å². The van der Waals surface area contributed by atoms with Crippen LogP contribution >= 0.6 is 0 Å². The summed E-state index contributed by atoms with van der Waals surface area (Å²) in [5, 5.41) is 7.53. The molecule has 0 bridgehead atoms. The number of hydrogen-bond donors (Lipinski definition) is 2. The number of aryl methyl sites for hydroxylation is 2. The Bertz CT molecular complexity index is 650. The summed E-state index contributed by atoms with van der Waals surface area (Å²) in [6.07, 6.45) is 1.63. The number of nitrogens with zero attached hydrogens (tertiary/aromatic N) is 1. The van der Waals surface area contributed by atoms with E-state index in [0.717, 1.165) is 16.9 Å². The smallest absolute Gasteiger partial charge is 0.142 e. The Labute approximate surface area is 119 Å². The van der Waals surface area contributed by atoms with E-state index in [2.05, 4.69) is 18.0 Å². The number of benzene rings is 1. The fourth-order valence-corrected chi connectivity index (χ4v) is 2.10. The molecule has 0 radical (unpaired) electrons. The molecule has 2 aromatic rings. The van der Waals surface area contributed by atoms with Crippen molar-refractivity contribution in [2.75, 3.05) is 0 Å². The maximum absolute atomic E-state index is 7.53. The van der Waals surface area contributed by atoms with Crippen LogP contribution in [0.3, 0.4) is 0 Å². The van der Waals surface area contributed by atoms with Gasteiger partial charge in [0.1, 0.15) is 23.9 Å². The Morgan fingerprint density at radius 2 is 2.05 bits per heavy atom. The van der Waals surface area contributed by atoms with E-state index in [0.29, 0.717) is 12.3 Å². The highest BCUT2D eigenvalue weighted by Crippen LogP contribution is 2.24. The van der Waals surface area contributed by atoms with E-state index >= 15 is 0 Å². The lowest BCUT2D eigenvalue weighted by atomic mass is 10.1. The van der Waals surface area contributed by atoms with Gasteiger partial charge in [0.2, 0.25) is 0 Å². The van der Waals surface area contributed by atoms with Crippen LogP contribution in [0.4, 0.5) is 0 Å². The van der Waals surface area contributed by atoms with Gasteiger partial charge in [0, 0.05) is 11.8 Å². The Balaban J connectivity index is 2.24. The van der Waals surface area contributed by atoms with Crippen molar-refractivity contribution in [1.29, 1.82) is 5.41 Å². The minimum Gasteiger partial charge on any atom is -0.489 e. The Kier molecular flexibility index (Phi) is 4.03. The monoisotopic (exact) mass is 269 g/mol. The third-order valence-electron chi connectivity index (χ3n) is 3.29. The van der Waals surface area contributed by atoms with Crippen LogP contribution in [0.2, 0.25) is 0 Å². The van der Waals surface area contributed by atoms with Crippen molar-refractivity contribution in [2.45, 2.75) is 27.4 Å². The van der Waals surface area contributed by atoms with Crippen molar-refractivity contribution in [2.24, 2.45) is 5.73 Å². The third kappa shape index (κ3) is 2.96. The molecule has 0 amide bonds. The highest BCUT2D eigenvalue weighted by molar-refractivity contribution is 5.94. The standard InChI is InChI=1S/C16H19N3O/c1-10-7-11(2)12(3)14(8-10)20-9-13-5-4-6-19-15(13)16(17)18/h4-8H,9H2,1-3H3,(H3,17,18). The molecule has 20 heavy (non-hydrogen) atoms. The topological polar surface area (TPSA) is 72.0 Å². The predicted molar refractivity (Wildman–Crippen MR) is 80.2 cm³/mol. The SMILES string of the molecule is Cc1cc(C)c(C)c(OCc2cccnc2C(=N)N)c1. The summed E-state index contributed by atoms with van der Waals surface area (Å²) in [5.41, 5.74) is 10.3. The van der Waals surface area contributed by atoms with Crippen LogP contribution in [0.15, 0.2) is 30.5 Å². The first kappa shape index (κ1) is 14.1. The average Bonchev–Trinajstić information content (AvgIpc) is 2.41. The number of ether oxygens (including phenoxy) is 1. The Morgan fingerprint density at radius 3 is 2.75 bits per heavy atom. The van der Waals surface area contributed by atoms with Gasteiger partial charge in [-0.1, -0.05) is 12.1 Å². The second-order valence-electron chi connectivity index (χ2n) is 4.92. The van der Waals surface area contributed by atoms with Crippen molar-refractivity contribution >= 4 is 5.84 Å². The predicted octanol–water partition coefficient (Wildman–Crippen LogP) is 2.87. The first-order chi connectivity index (χ1) is 9.49. The number of aromatic nitrogens is 1. The van der Waals surface area contributed by atoms with E-state index in [4.69, 9.17) is 15.9 Å². The highest BCUT2D eigenvalue weighted by Gasteiger charge is 2.09. The van der Waals surface area contributed by atoms with Crippen molar-refractivity contribution in [3.8, 4) is 5.75 Å². The molecule has 0 atom stereocenters. The fraction of sp³-hybridized carbons (Fsp3) is 0.250. The molecule has 0 saturated carbocycles. The maximum Gasteiger partial charge on any atom is 0.142 e. The molecule has 1 heterocycles. The zero-order valence-electron chi connectivity index (χ0n) is 12.0. The summed E-state index contributed by atoms with van der Waals surface area (Å²) in [6, 6.07) is 7.85. The van der Waals surface area contributed by atoms with Crippen molar-refractivity contribution in [3.05, 3.63) is 58.4 Å². The first-order valence-corrected chi connectivity index (χ1v) is 6.48. The first-order valence-electron chi connectivity index (χ1n) is 6.48. The van der Waals surface area contributed by atoms with Gasteiger partial charge in [0.25, 0.3) is 0 Å². The zero-order valence-corrected chi connectivity index (χ0v) is 12.0. The minimum atomic E-state index is -0.0404. The Hall–Kier alpha value is -2.36. The lowest BCUT2D eigenvalue weighted by Gasteiger charge is -2.13. The van der Waals surface area contributed by atoms with Crippen molar-refractivity contribution < 1.29 is 4.74 Å². The molecule has 1 aromatic heterocycles. The second-order valence-corrected chi connectivity index (χ2v) is 4.92. The van der Waals surface area contributed by atoms with Gasteiger partial charge in [0.15, 0.2) is 0 Å². The number of amidine groups is 1. The van der Waals surface area contributed by atoms with Crippen LogP contribution in [-0.4, -0.2) is 10.8 Å². The number of nitrogens with one attached hydrogen (secondary N) is 1. The Morgan fingerprint density at radius 1 is 1.30 bits per heavy atom. The van der Waals surface area contributed by atoms with Crippen LogP contribution in [0.25, 0.3) is 0 Å². The van der Waals surface area contributed by atoms with Crippen molar-refractivity contribution in [3.63, 3.8) is 0 Å². The van der Waals surface area contributed by atoms with Gasteiger partial charge >= 0.3 is 0 Å². The van der Waals surface area contributed by atoms with Gasteiger partial charge in [0.05, 0.1) is 0 Å². The molecule has 104 valence electrons. The van der Waals surface area contributed by atoms with Crippen LogP contribution in [0, 0.1) is 26.2 Å². The molecule has 0 saturated heterocycles. The lowest BCUT2D eigenvalue weighted by molar-refractivity contribution is 0.303. The number of rotatable bonds is 4. The molecular formula is C16H19N3O. The van der Waals surface area contributed by atoms with Crippen molar-refractivity contribution in [1.82, 2.24) is 4.98 Å². The second kappa shape index (κ2) is 5.74. The van der Waals surface area contributed by atoms with E-state index in [-0.39, 0.29) is 5.84 Å². The maximum atomic E-state index is 7.53. The van der Waals surface area contributed by atoms with Gasteiger partial charge in [-0.3, -0.25) is 10.4 Å². The van der Waals surface area contributed by atoms with Gasteiger partial charge in [-0.25, -0.2) is 0 Å². The molecule has 0 aliphatic rings. The highest BCUT2D eigenvalue weighted by atomic mass is 16.5. The number of hydrogen-bond acceptors (Lipinski definition) is 3.